The number of benzene rings is 2. The van der Waals surface area contributed by atoms with E-state index in [1.165, 1.54) is 23.0 Å². The molecule has 2 aromatic carbocycles. The minimum atomic E-state index is -0.313. The van der Waals surface area contributed by atoms with E-state index in [1.807, 2.05) is 35.7 Å². The summed E-state index contributed by atoms with van der Waals surface area (Å²) >= 11 is 6.63. The molecule has 1 aromatic heterocycles. The Balaban J connectivity index is 1.57. The Morgan fingerprint density at radius 1 is 1.09 bits per heavy atom. The van der Waals surface area contributed by atoms with Crippen molar-refractivity contribution in [1.29, 1.82) is 0 Å². The summed E-state index contributed by atoms with van der Waals surface area (Å²) in [7, 11) is 3.18. The Labute approximate surface area is 197 Å². The number of amides is 1. The van der Waals surface area contributed by atoms with E-state index in [1.54, 1.807) is 20.3 Å². The predicted molar refractivity (Wildman–Crippen MR) is 135 cm³/mol. The van der Waals surface area contributed by atoms with E-state index in [0.29, 0.717) is 22.5 Å². The van der Waals surface area contributed by atoms with Crippen LogP contribution in [0.25, 0.3) is 17.3 Å². The highest BCUT2D eigenvalue weighted by Crippen LogP contribution is 2.33. The van der Waals surface area contributed by atoms with Gasteiger partial charge in [-0.1, -0.05) is 38.1 Å². The molecule has 1 amide bonds. The number of methoxy groups -OCH3 is 2. The molecule has 8 heteroatoms. The van der Waals surface area contributed by atoms with Crippen LogP contribution in [0.4, 0.5) is 5.13 Å². The molecule has 0 aliphatic carbocycles. The number of anilines is 1. The van der Waals surface area contributed by atoms with Gasteiger partial charge in [0, 0.05) is 17.0 Å². The van der Waals surface area contributed by atoms with Gasteiger partial charge in [-0.25, -0.2) is 4.98 Å². The topological polar surface area (TPSA) is 72.5 Å². The third-order valence-electron chi connectivity index (χ3n) is 4.67. The van der Waals surface area contributed by atoms with Crippen molar-refractivity contribution >= 4 is 45.8 Å². The molecule has 0 radical (unpaired) electrons. The van der Waals surface area contributed by atoms with Gasteiger partial charge < -0.3 is 14.8 Å². The van der Waals surface area contributed by atoms with Crippen LogP contribution in [0.5, 0.6) is 11.5 Å². The van der Waals surface area contributed by atoms with Crippen molar-refractivity contribution in [2.24, 2.45) is 0 Å². The van der Waals surface area contributed by atoms with Gasteiger partial charge in [-0.3, -0.25) is 10.1 Å². The number of rotatable bonds is 7. The molecular weight excluding hydrogens is 442 g/mol. The van der Waals surface area contributed by atoms with Gasteiger partial charge in [-0.05, 0) is 53.5 Å². The summed E-state index contributed by atoms with van der Waals surface area (Å²) in [5.74, 6) is 1.43. The second-order valence-electron chi connectivity index (χ2n) is 7.21. The summed E-state index contributed by atoms with van der Waals surface area (Å²) in [6.45, 7) is 4.29. The number of thiazole rings is 1. The molecule has 0 fully saturated rings. The van der Waals surface area contributed by atoms with Gasteiger partial charge in [0.2, 0.25) is 5.91 Å². The fourth-order valence-corrected chi connectivity index (χ4v) is 3.89. The molecule has 166 valence electrons. The molecule has 0 spiro atoms. The number of thiocarbonyl (C=S) groups is 1. The highest BCUT2D eigenvalue weighted by Gasteiger charge is 2.10. The number of hydrogen-bond acceptors (Lipinski definition) is 6. The van der Waals surface area contributed by atoms with E-state index in [0.717, 1.165) is 16.8 Å². The highest BCUT2D eigenvalue weighted by molar-refractivity contribution is 7.80. The first kappa shape index (κ1) is 23.4. The van der Waals surface area contributed by atoms with Crippen molar-refractivity contribution in [3.8, 4) is 22.8 Å². The lowest BCUT2D eigenvalue weighted by atomic mass is 10.0. The molecule has 0 unspecified atom stereocenters. The van der Waals surface area contributed by atoms with Crippen LogP contribution in [0.2, 0.25) is 0 Å². The average Bonchev–Trinajstić information content (AvgIpc) is 3.25. The average molecular weight is 468 g/mol. The quantitative estimate of drug-likeness (QED) is 0.354. The van der Waals surface area contributed by atoms with Crippen molar-refractivity contribution < 1.29 is 14.3 Å². The Hall–Kier alpha value is -3.23. The zero-order valence-electron chi connectivity index (χ0n) is 18.3. The van der Waals surface area contributed by atoms with E-state index < -0.39 is 0 Å². The first-order valence-electron chi connectivity index (χ1n) is 9.97. The fraction of sp³-hybridized carbons (Fsp3) is 0.208. The minimum Gasteiger partial charge on any atom is -0.493 e. The molecule has 0 aliphatic rings. The summed E-state index contributed by atoms with van der Waals surface area (Å²) in [5, 5.41) is 8.24. The predicted octanol–water partition coefficient (Wildman–Crippen LogP) is 5.48. The molecule has 0 saturated carbocycles. The summed E-state index contributed by atoms with van der Waals surface area (Å²) in [4.78, 5) is 16.7. The Morgan fingerprint density at radius 3 is 2.47 bits per heavy atom. The number of ether oxygens (including phenoxy) is 2. The molecule has 0 saturated heterocycles. The minimum absolute atomic E-state index is 0.183. The van der Waals surface area contributed by atoms with Crippen LogP contribution in [0, 0.1) is 0 Å². The molecule has 3 aromatic rings. The lowest BCUT2D eigenvalue weighted by molar-refractivity contribution is -0.115. The summed E-state index contributed by atoms with van der Waals surface area (Å²) in [6.07, 6.45) is 3.20. The van der Waals surface area contributed by atoms with Gasteiger partial charge in [0.05, 0.1) is 19.9 Å². The molecule has 0 atom stereocenters. The number of carbonyl (C=O) groups excluding carboxylic acids is 1. The number of hydrogen-bond donors (Lipinski definition) is 2. The van der Waals surface area contributed by atoms with E-state index >= 15 is 0 Å². The molecule has 0 bridgehead atoms. The van der Waals surface area contributed by atoms with Crippen LogP contribution in [-0.2, 0) is 4.79 Å². The Bertz CT molecular complexity index is 1120. The SMILES string of the molecule is COc1ccc(-c2csc(NC(=S)NC(=O)/C=C/c3ccc(C(C)C)cc3)n2)cc1OC. The van der Waals surface area contributed by atoms with Crippen LogP contribution >= 0.6 is 23.6 Å². The number of aromatic nitrogens is 1. The maximum Gasteiger partial charge on any atom is 0.250 e. The number of nitrogens with zero attached hydrogens (tertiary/aromatic N) is 1. The van der Waals surface area contributed by atoms with E-state index in [4.69, 9.17) is 21.7 Å². The van der Waals surface area contributed by atoms with Crippen molar-refractivity contribution in [3.63, 3.8) is 0 Å². The Kier molecular flexibility index (Phi) is 7.97. The second kappa shape index (κ2) is 10.9. The maximum absolute atomic E-state index is 12.2. The van der Waals surface area contributed by atoms with E-state index in [9.17, 15) is 4.79 Å². The van der Waals surface area contributed by atoms with Crippen LogP contribution in [0.3, 0.4) is 0 Å². The molecule has 6 nitrogen and oxygen atoms in total. The van der Waals surface area contributed by atoms with Gasteiger partial charge in [0.1, 0.15) is 0 Å². The molecule has 32 heavy (non-hydrogen) atoms. The van der Waals surface area contributed by atoms with Crippen molar-refractivity contribution in [3.05, 3.63) is 65.0 Å². The highest BCUT2D eigenvalue weighted by atomic mass is 32.1. The lowest BCUT2D eigenvalue weighted by Gasteiger charge is -2.08. The lowest BCUT2D eigenvalue weighted by Crippen LogP contribution is -2.32. The van der Waals surface area contributed by atoms with Crippen molar-refractivity contribution in [2.75, 3.05) is 19.5 Å². The number of nitrogens with one attached hydrogen (secondary N) is 2. The Morgan fingerprint density at radius 2 is 1.81 bits per heavy atom. The van der Waals surface area contributed by atoms with Gasteiger partial charge >= 0.3 is 0 Å². The van der Waals surface area contributed by atoms with Crippen LogP contribution in [-0.4, -0.2) is 30.2 Å². The summed E-state index contributed by atoms with van der Waals surface area (Å²) in [6, 6.07) is 13.7. The van der Waals surface area contributed by atoms with E-state index in [2.05, 4.69) is 41.6 Å². The van der Waals surface area contributed by atoms with Crippen LogP contribution in [0.15, 0.2) is 53.9 Å². The molecule has 3 rings (SSSR count). The van der Waals surface area contributed by atoms with Gasteiger partial charge in [0.15, 0.2) is 21.7 Å². The molecular formula is C24H25N3O3S2. The third kappa shape index (κ3) is 6.15. The van der Waals surface area contributed by atoms with Gasteiger partial charge in [0.25, 0.3) is 0 Å². The van der Waals surface area contributed by atoms with Crippen LogP contribution in [0.1, 0.15) is 30.9 Å². The van der Waals surface area contributed by atoms with Crippen molar-refractivity contribution in [2.45, 2.75) is 19.8 Å². The normalized spacial score (nSPS) is 10.9. The first-order valence-corrected chi connectivity index (χ1v) is 11.3. The molecule has 1 heterocycles. The fourth-order valence-electron chi connectivity index (χ4n) is 2.91. The van der Waals surface area contributed by atoms with Gasteiger partial charge in [-0.2, -0.15) is 0 Å². The maximum atomic E-state index is 12.2. The smallest absolute Gasteiger partial charge is 0.250 e. The van der Waals surface area contributed by atoms with E-state index in [-0.39, 0.29) is 11.0 Å². The van der Waals surface area contributed by atoms with Gasteiger partial charge in [-0.15, -0.1) is 11.3 Å². The largest absolute Gasteiger partial charge is 0.493 e. The molecule has 2 N–H and O–H groups in total. The second-order valence-corrected chi connectivity index (χ2v) is 8.47. The standard InChI is InChI=1S/C24H25N3O3S2/c1-15(2)17-8-5-16(6-9-17)7-12-22(28)26-23(31)27-24-25-19(14-32-24)18-10-11-20(29-3)21(13-18)30-4/h5-15H,1-4H3,(H2,25,26,27,28,31)/b12-7+. The summed E-state index contributed by atoms with van der Waals surface area (Å²) in [5.41, 5.74) is 3.85. The first-order chi connectivity index (χ1) is 15.4. The van der Waals surface area contributed by atoms with Crippen molar-refractivity contribution in [1.82, 2.24) is 10.3 Å². The third-order valence-corrected chi connectivity index (χ3v) is 5.63. The monoisotopic (exact) mass is 467 g/mol. The molecule has 0 aliphatic heterocycles. The zero-order valence-corrected chi connectivity index (χ0v) is 20.0. The summed E-state index contributed by atoms with van der Waals surface area (Å²) < 4.78 is 10.6. The number of carbonyl (C=O) groups is 1. The zero-order chi connectivity index (χ0) is 23.1. The van der Waals surface area contributed by atoms with Crippen LogP contribution < -0.4 is 20.1 Å².